The largest absolute Gasteiger partial charge is 0.492 e. The zero-order valence-corrected chi connectivity index (χ0v) is 12.9. The van der Waals surface area contributed by atoms with Crippen LogP contribution in [0, 0.1) is 5.92 Å². The number of halogens is 1. The van der Waals surface area contributed by atoms with E-state index in [-0.39, 0.29) is 30.3 Å². The number of hydrogen-bond acceptors (Lipinski definition) is 3. The fourth-order valence-electron chi connectivity index (χ4n) is 2.22. The van der Waals surface area contributed by atoms with Gasteiger partial charge in [0.2, 0.25) is 11.8 Å². The molecule has 0 aliphatic carbocycles. The molecule has 1 aliphatic rings. The lowest BCUT2D eigenvalue weighted by atomic mass is 9.96. The summed E-state index contributed by atoms with van der Waals surface area (Å²) >= 11 is 5.95. The van der Waals surface area contributed by atoms with E-state index in [1.807, 2.05) is 26.0 Å². The Bertz CT molecular complexity index is 546. The summed E-state index contributed by atoms with van der Waals surface area (Å²) in [5, 5.41) is 5.98. The molecule has 0 spiro atoms. The Morgan fingerprint density at radius 3 is 2.90 bits per heavy atom. The first kappa shape index (κ1) is 15.6. The summed E-state index contributed by atoms with van der Waals surface area (Å²) < 4.78 is 5.56. The number of amides is 2. The molecule has 21 heavy (non-hydrogen) atoms. The number of rotatable bonds is 4. The lowest BCUT2D eigenvalue weighted by molar-refractivity contribution is -0.129. The number of hydrogen-bond donors (Lipinski definition) is 2. The maximum atomic E-state index is 12.1. The van der Waals surface area contributed by atoms with Crippen LogP contribution in [-0.4, -0.2) is 31.0 Å². The van der Waals surface area contributed by atoms with Crippen LogP contribution in [0.2, 0.25) is 5.02 Å². The van der Waals surface area contributed by atoms with Crippen LogP contribution < -0.4 is 15.4 Å². The maximum Gasteiger partial charge on any atom is 0.239 e. The summed E-state index contributed by atoms with van der Waals surface area (Å²) in [6.45, 7) is 4.03. The van der Waals surface area contributed by atoms with Gasteiger partial charge in [0.1, 0.15) is 12.4 Å². The molecule has 2 rings (SSSR count). The van der Waals surface area contributed by atoms with E-state index in [2.05, 4.69) is 10.6 Å². The Morgan fingerprint density at radius 2 is 2.19 bits per heavy atom. The van der Waals surface area contributed by atoms with Crippen molar-refractivity contribution >= 4 is 23.4 Å². The second-order valence-electron chi connectivity index (χ2n) is 5.40. The topological polar surface area (TPSA) is 67.4 Å². The Balaban J connectivity index is 1.89. The van der Waals surface area contributed by atoms with Gasteiger partial charge in [0.05, 0.1) is 12.5 Å². The Labute approximate surface area is 129 Å². The van der Waals surface area contributed by atoms with Gasteiger partial charge in [0.15, 0.2) is 0 Å². The molecule has 1 aromatic carbocycles. The average Bonchev–Trinajstić information content (AvgIpc) is 2.43. The van der Waals surface area contributed by atoms with E-state index in [0.29, 0.717) is 18.1 Å². The van der Waals surface area contributed by atoms with Crippen molar-refractivity contribution in [2.45, 2.75) is 26.3 Å². The quantitative estimate of drug-likeness (QED) is 0.886. The third-order valence-corrected chi connectivity index (χ3v) is 3.41. The number of ether oxygens (including phenoxy) is 1. The van der Waals surface area contributed by atoms with Gasteiger partial charge in [0.25, 0.3) is 0 Å². The van der Waals surface area contributed by atoms with Crippen LogP contribution in [0.25, 0.3) is 0 Å². The van der Waals surface area contributed by atoms with Crippen LogP contribution in [0.5, 0.6) is 5.75 Å². The lowest BCUT2D eigenvalue weighted by Gasteiger charge is -2.24. The van der Waals surface area contributed by atoms with E-state index in [1.54, 1.807) is 6.07 Å². The summed E-state index contributed by atoms with van der Waals surface area (Å²) in [7, 11) is 0. The first-order valence-corrected chi connectivity index (χ1v) is 7.32. The molecular formula is C15H19ClN2O3. The maximum absolute atomic E-state index is 12.1. The second kappa shape index (κ2) is 6.80. The van der Waals surface area contributed by atoms with Crippen LogP contribution in [-0.2, 0) is 16.0 Å². The van der Waals surface area contributed by atoms with Crippen molar-refractivity contribution in [3.8, 4) is 5.75 Å². The molecular weight excluding hydrogens is 292 g/mol. The van der Waals surface area contributed by atoms with E-state index < -0.39 is 0 Å². The highest BCUT2D eigenvalue weighted by Gasteiger charge is 2.26. The lowest BCUT2D eigenvalue weighted by Crippen LogP contribution is -2.43. The molecule has 0 bridgehead atoms. The molecule has 0 saturated heterocycles. The average molecular weight is 311 g/mol. The minimum absolute atomic E-state index is 0.0179. The molecule has 0 aromatic heterocycles. The van der Waals surface area contributed by atoms with E-state index in [9.17, 15) is 9.59 Å². The van der Waals surface area contributed by atoms with Crippen molar-refractivity contribution < 1.29 is 14.3 Å². The number of nitrogens with one attached hydrogen (secondary N) is 2. The van der Waals surface area contributed by atoms with Gasteiger partial charge in [-0.25, -0.2) is 0 Å². The van der Waals surface area contributed by atoms with Crippen molar-refractivity contribution in [3.63, 3.8) is 0 Å². The van der Waals surface area contributed by atoms with Crippen LogP contribution >= 0.6 is 11.6 Å². The van der Waals surface area contributed by atoms with E-state index >= 15 is 0 Å². The third kappa shape index (κ3) is 4.36. The first-order valence-electron chi connectivity index (χ1n) is 6.94. The molecule has 2 amide bonds. The molecule has 1 heterocycles. The summed E-state index contributed by atoms with van der Waals surface area (Å²) in [6, 6.07) is 5.43. The molecule has 2 N–H and O–H groups in total. The fourth-order valence-corrected chi connectivity index (χ4v) is 2.41. The third-order valence-electron chi connectivity index (χ3n) is 3.17. The monoisotopic (exact) mass is 310 g/mol. The molecule has 5 nitrogen and oxygen atoms in total. The Morgan fingerprint density at radius 1 is 1.43 bits per heavy atom. The van der Waals surface area contributed by atoms with Gasteiger partial charge >= 0.3 is 0 Å². The summed E-state index contributed by atoms with van der Waals surface area (Å²) in [6.07, 6.45) is 0.563. The van der Waals surface area contributed by atoms with Crippen molar-refractivity contribution in [2.75, 3.05) is 13.2 Å². The van der Waals surface area contributed by atoms with Gasteiger partial charge in [0, 0.05) is 11.1 Å². The zero-order chi connectivity index (χ0) is 15.4. The number of fused-ring (bicyclic) bond motifs is 1. The highest BCUT2D eigenvalue weighted by molar-refractivity contribution is 6.30. The van der Waals surface area contributed by atoms with Crippen LogP contribution in [0.4, 0.5) is 0 Å². The predicted molar refractivity (Wildman–Crippen MR) is 80.4 cm³/mol. The highest BCUT2D eigenvalue weighted by atomic mass is 35.5. The summed E-state index contributed by atoms with van der Waals surface area (Å²) in [4.78, 5) is 23.6. The SMILES string of the molecule is CC(C)NC(=O)CNC(=O)[C@@H]1COc2ccc(Cl)cc2C1. The van der Waals surface area contributed by atoms with E-state index in [1.165, 1.54) is 0 Å². The zero-order valence-electron chi connectivity index (χ0n) is 12.1. The molecule has 0 saturated carbocycles. The molecule has 6 heteroatoms. The molecule has 0 fully saturated rings. The first-order chi connectivity index (χ1) is 9.95. The van der Waals surface area contributed by atoms with Gasteiger partial charge in [-0.15, -0.1) is 0 Å². The van der Waals surface area contributed by atoms with Crippen molar-refractivity contribution in [2.24, 2.45) is 5.92 Å². The number of carbonyl (C=O) groups is 2. The molecule has 114 valence electrons. The molecule has 1 aliphatic heterocycles. The van der Waals surface area contributed by atoms with Gasteiger partial charge in [-0.3, -0.25) is 9.59 Å². The summed E-state index contributed by atoms with van der Waals surface area (Å²) in [5.74, 6) is 0.0851. The molecule has 1 aromatic rings. The van der Waals surface area contributed by atoms with Crippen LogP contribution in [0.3, 0.4) is 0 Å². The number of carbonyl (C=O) groups excluding carboxylic acids is 2. The predicted octanol–water partition coefficient (Wildman–Crippen LogP) is 1.53. The highest BCUT2D eigenvalue weighted by Crippen LogP contribution is 2.29. The van der Waals surface area contributed by atoms with Gasteiger partial charge < -0.3 is 15.4 Å². The second-order valence-corrected chi connectivity index (χ2v) is 5.84. The fraction of sp³-hybridized carbons (Fsp3) is 0.467. The van der Waals surface area contributed by atoms with Gasteiger partial charge in [-0.2, -0.15) is 0 Å². The molecule has 0 unspecified atom stereocenters. The normalized spacial score (nSPS) is 16.9. The van der Waals surface area contributed by atoms with Crippen molar-refractivity contribution in [3.05, 3.63) is 28.8 Å². The molecule has 1 atom stereocenters. The van der Waals surface area contributed by atoms with Crippen LogP contribution in [0.15, 0.2) is 18.2 Å². The van der Waals surface area contributed by atoms with E-state index in [0.717, 1.165) is 11.3 Å². The van der Waals surface area contributed by atoms with Crippen molar-refractivity contribution in [1.29, 1.82) is 0 Å². The Kier molecular flexibility index (Phi) is 5.07. The smallest absolute Gasteiger partial charge is 0.239 e. The standard InChI is InChI=1S/C15H19ClN2O3/c1-9(2)18-14(19)7-17-15(20)11-5-10-6-12(16)3-4-13(10)21-8-11/h3-4,6,9,11H,5,7-8H2,1-2H3,(H,17,20)(H,18,19)/t11-/m0/s1. The van der Waals surface area contributed by atoms with E-state index in [4.69, 9.17) is 16.3 Å². The Hall–Kier alpha value is -1.75. The van der Waals surface area contributed by atoms with Crippen LogP contribution in [0.1, 0.15) is 19.4 Å². The minimum Gasteiger partial charge on any atom is -0.492 e. The van der Waals surface area contributed by atoms with Crippen molar-refractivity contribution in [1.82, 2.24) is 10.6 Å². The molecule has 0 radical (unpaired) electrons. The summed E-state index contributed by atoms with van der Waals surface area (Å²) in [5.41, 5.74) is 0.917. The van der Waals surface area contributed by atoms with Gasteiger partial charge in [-0.1, -0.05) is 11.6 Å². The minimum atomic E-state index is -0.303. The van der Waals surface area contributed by atoms with Gasteiger partial charge in [-0.05, 0) is 44.0 Å². The number of benzene rings is 1.